The highest BCUT2D eigenvalue weighted by molar-refractivity contribution is 7.99. The molecule has 1 aliphatic rings. The van der Waals surface area contributed by atoms with Crippen molar-refractivity contribution in [1.82, 2.24) is 0 Å². The van der Waals surface area contributed by atoms with Crippen LogP contribution in [0.2, 0.25) is 0 Å². The first-order valence-electron chi connectivity index (χ1n) is 6.29. The lowest BCUT2D eigenvalue weighted by Crippen LogP contribution is -2.40. The van der Waals surface area contributed by atoms with Gasteiger partial charge in [0.15, 0.2) is 5.78 Å². The third-order valence-corrected chi connectivity index (χ3v) is 4.55. The van der Waals surface area contributed by atoms with Gasteiger partial charge in [0.1, 0.15) is 0 Å². The van der Waals surface area contributed by atoms with Gasteiger partial charge in [-0.3, -0.25) is 4.79 Å². The van der Waals surface area contributed by atoms with Crippen molar-refractivity contribution in [3.05, 3.63) is 29.3 Å². The molecular weight excluding hydrogens is 246 g/mol. The third-order valence-electron chi connectivity index (χ3n) is 3.43. The normalized spacial score (nSPS) is 23.3. The highest BCUT2D eigenvalue weighted by Crippen LogP contribution is 2.33. The van der Waals surface area contributed by atoms with Gasteiger partial charge in [-0.05, 0) is 24.1 Å². The molecule has 0 fully saturated rings. The molecule has 1 aromatic carbocycles. The van der Waals surface area contributed by atoms with E-state index in [9.17, 15) is 9.90 Å². The number of carbonyl (C=O) groups is 1. The number of hydrogen-bond donors (Lipinski definition) is 2. The van der Waals surface area contributed by atoms with Gasteiger partial charge < -0.3 is 10.8 Å². The number of ketones is 1. The molecule has 2 rings (SSSR count). The number of thioether (sulfide) groups is 1. The van der Waals surface area contributed by atoms with E-state index in [1.807, 2.05) is 25.1 Å². The van der Waals surface area contributed by atoms with Crippen molar-refractivity contribution >= 4 is 17.5 Å². The predicted molar refractivity (Wildman–Crippen MR) is 74.1 cm³/mol. The van der Waals surface area contributed by atoms with Crippen LogP contribution in [0.1, 0.15) is 35.7 Å². The fourth-order valence-corrected chi connectivity index (χ4v) is 3.39. The molecular formula is C14H19NO2S. The molecule has 0 aliphatic carbocycles. The molecule has 0 amide bonds. The van der Waals surface area contributed by atoms with E-state index in [1.165, 1.54) is 0 Å². The summed E-state index contributed by atoms with van der Waals surface area (Å²) in [6.07, 6.45) is 1.74. The lowest BCUT2D eigenvalue weighted by molar-refractivity contribution is 0.0470. The molecule has 18 heavy (non-hydrogen) atoms. The molecule has 0 saturated heterocycles. The number of nitrogens with two attached hydrogens (primary N) is 1. The number of Topliss-reactive ketones (excluding diaryl/α,β-unsaturated/α-hetero) is 1. The summed E-state index contributed by atoms with van der Waals surface area (Å²) >= 11 is 1.73. The molecule has 4 heteroatoms. The zero-order chi connectivity index (χ0) is 13.2. The van der Waals surface area contributed by atoms with Gasteiger partial charge in [0.2, 0.25) is 0 Å². The molecule has 0 radical (unpaired) electrons. The topological polar surface area (TPSA) is 63.3 Å². The summed E-state index contributed by atoms with van der Waals surface area (Å²) in [5.41, 5.74) is 6.62. The minimum Gasteiger partial charge on any atom is -0.388 e. The van der Waals surface area contributed by atoms with E-state index in [0.29, 0.717) is 19.3 Å². The number of benzene rings is 1. The summed E-state index contributed by atoms with van der Waals surface area (Å²) in [7, 11) is 0. The van der Waals surface area contributed by atoms with Crippen molar-refractivity contribution in [3.63, 3.8) is 0 Å². The molecule has 1 unspecified atom stereocenters. The highest BCUT2D eigenvalue weighted by atomic mass is 32.2. The van der Waals surface area contributed by atoms with Crippen LogP contribution in [0.4, 0.5) is 0 Å². The lowest BCUT2D eigenvalue weighted by atomic mass is 9.91. The second kappa shape index (κ2) is 5.43. The first-order chi connectivity index (χ1) is 8.58. The largest absolute Gasteiger partial charge is 0.388 e. The monoisotopic (exact) mass is 265 g/mol. The van der Waals surface area contributed by atoms with Crippen molar-refractivity contribution in [2.24, 2.45) is 5.73 Å². The zero-order valence-electron chi connectivity index (χ0n) is 10.6. The molecule has 0 spiro atoms. The van der Waals surface area contributed by atoms with Crippen molar-refractivity contribution in [2.75, 3.05) is 12.3 Å². The first-order valence-corrected chi connectivity index (χ1v) is 7.28. The van der Waals surface area contributed by atoms with E-state index in [2.05, 4.69) is 0 Å². The van der Waals surface area contributed by atoms with Crippen molar-refractivity contribution in [1.29, 1.82) is 0 Å². The maximum Gasteiger partial charge on any atom is 0.162 e. The maximum atomic E-state index is 11.7. The van der Waals surface area contributed by atoms with Crippen LogP contribution in [0, 0.1) is 0 Å². The zero-order valence-corrected chi connectivity index (χ0v) is 11.4. The number of aliphatic hydroxyl groups is 1. The Labute approximate surface area is 112 Å². The van der Waals surface area contributed by atoms with Gasteiger partial charge in [-0.15, -0.1) is 11.8 Å². The van der Waals surface area contributed by atoms with Gasteiger partial charge in [-0.2, -0.15) is 0 Å². The van der Waals surface area contributed by atoms with Gasteiger partial charge in [0.25, 0.3) is 0 Å². The molecule has 3 N–H and O–H groups in total. The predicted octanol–water partition coefficient (Wildman–Crippen LogP) is 2.01. The van der Waals surface area contributed by atoms with E-state index in [4.69, 9.17) is 5.73 Å². The van der Waals surface area contributed by atoms with E-state index < -0.39 is 5.60 Å². The summed E-state index contributed by atoms with van der Waals surface area (Å²) < 4.78 is 0. The average molecular weight is 265 g/mol. The molecule has 3 nitrogen and oxygen atoms in total. The third kappa shape index (κ3) is 2.76. The minimum atomic E-state index is -0.827. The van der Waals surface area contributed by atoms with Crippen LogP contribution >= 0.6 is 11.8 Å². The van der Waals surface area contributed by atoms with E-state index in [0.717, 1.165) is 21.8 Å². The Morgan fingerprint density at radius 1 is 1.56 bits per heavy atom. The number of rotatable bonds is 3. The van der Waals surface area contributed by atoms with E-state index in [1.54, 1.807) is 11.8 Å². The van der Waals surface area contributed by atoms with Crippen LogP contribution in [0.25, 0.3) is 0 Å². The van der Waals surface area contributed by atoms with Crippen LogP contribution in [0.5, 0.6) is 0 Å². The summed E-state index contributed by atoms with van der Waals surface area (Å²) in [5, 5.41) is 10.4. The maximum absolute atomic E-state index is 11.7. The summed E-state index contributed by atoms with van der Waals surface area (Å²) in [5.74, 6) is 1.00. The SMILES string of the molecule is CCC(=O)c1ccc2c(c1)CC(O)(CN)CCS2. The summed E-state index contributed by atoms with van der Waals surface area (Å²) in [6, 6.07) is 5.79. The Bertz CT molecular complexity index is 461. The number of hydrogen-bond acceptors (Lipinski definition) is 4. The Balaban J connectivity index is 2.35. The van der Waals surface area contributed by atoms with Gasteiger partial charge >= 0.3 is 0 Å². The number of carbonyl (C=O) groups excluding carboxylic acids is 1. The molecule has 0 saturated carbocycles. The fourth-order valence-electron chi connectivity index (χ4n) is 2.20. The Morgan fingerprint density at radius 3 is 3.00 bits per heavy atom. The molecule has 1 aromatic rings. The van der Waals surface area contributed by atoms with E-state index >= 15 is 0 Å². The van der Waals surface area contributed by atoms with Crippen LogP contribution < -0.4 is 5.73 Å². The van der Waals surface area contributed by atoms with Crippen molar-refractivity contribution < 1.29 is 9.90 Å². The average Bonchev–Trinajstić information content (AvgIpc) is 2.55. The van der Waals surface area contributed by atoms with Gasteiger partial charge in [-0.1, -0.05) is 13.0 Å². The Hall–Kier alpha value is -0.840. The molecule has 1 aliphatic heterocycles. The van der Waals surface area contributed by atoms with E-state index in [-0.39, 0.29) is 12.3 Å². The van der Waals surface area contributed by atoms with Crippen LogP contribution in [-0.4, -0.2) is 28.8 Å². The Morgan fingerprint density at radius 2 is 2.33 bits per heavy atom. The quantitative estimate of drug-likeness (QED) is 0.821. The summed E-state index contributed by atoms with van der Waals surface area (Å²) in [6.45, 7) is 2.12. The Kier molecular flexibility index (Phi) is 4.10. The first kappa shape index (κ1) is 13.6. The summed E-state index contributed by atoms with van der Waals surface area (Å²) in [4.78, 5) is 12.9. The molecule has 0 bridgehead atoms. The van der Waals surface area contributed by atoms with Crippen molar-refractivity contribution in [2.45, 2.75) is 36.7 Å². The van der Waals surface area contributed by atoms with Gasteiger partial charge in [0.05, 0.1) is 5.60 Å². The molecule has 98 valence electrons. The van der Waals surface area contributed by atoms with Gasteiger partial charge in [-0.25, -0.2) is 0 Å². The standard InChI is InChI=1S/C14H19NO2S/c1-2-12(16)10-3-4-13-11(7-10)8-14(17,9-15)5-6-18-13/h3-4,7,17H,2,5-6,8-9,15H2,1H3. The van der Waals surface area contributed by atoms with Crippen LogP contribution in [0.15, 0.2) is 23.1 Å². The van der Waals surface area contributed by atoms with Crippen LogP contribution in [-0.2, 0) is 6.42 Å². The smallest absolute Gasteiger partial charge is 0.162 e. The lowest BCUT2D eigenvalue weighted by Gasteiger charge is -2.24. The second-order valence-corrected chi connectivity index (χ2v) is 5.94. The van der Waals surface area contributed by atoms with Gasteiger partial charge in [0, 0.05) is 35.6 Å². The molecule has 1 atom stereocenters. The number of fused-ring (bicyclic) bond motifs is 1. The minimum absolute atomic E-state index is 0.142. The van der Waals surface area contributed by atoms with Crippen molar-refractivity contribution in [3.8, 4) is 0 Å². The fraction of sp³-hybridized carbons (Fsp3) is 0.500. The van der Waals surface area contributed by atoms with Crippen LogP contribution in [0.3, 0.4) is 0 Å². The highest BCUT2D eigenvalue weighted by Gasteiger charge is 2.29. The second-order valence-electron chi connectivity index (χ2n) is 4.80. The molecule has 0 aromatic heterocycles. The molecule has 1 heterocycles.